The highest BCUT2D eigenvalue weighted by molar-refractivity contribution is 7.99. The SMILES string of the molecule is Cc1c(Cl)ccc2sc(N(CCN(C)C)C(=O)CCSc3ccc(Cl)cc3)nc12. The molecule has 0 aliphatic carbocycles. The van der Waals surface area contributed by atoms with Gasteiger partial charge < -0.3 is 4.90 Å². The van der Waals surface area contributed by atoms with Gasteiger partial charge in [-0.1, -0.05) is 34.5 Å². The van der Waals surface area contributed by atoms with Crippen LogP contribution in [0, 0.1) is 6.92 Å². The number of anilines is 1. The van der Waals surface area contributed by atoms with Crippen molar-refractivity contribution < 1.29 is 4.79 Å². The monoisotopic (exact) mass is 467 g/mol. The van der Waals surface area contributed by atoms with E-state index in [0.29, 0.717) is 28.8 Å². The Labute approximate surface area is 189 Å². The highest BCUT2D eigenvalue weighted by Gasteiger charge is 2.20. The van der Waals surface area contributed by atoms with Crippen LogP contribution in [-0.2, 0) is 4.79 Å². The molecule has 0 atom stereocenters. The number of aryl methyl sites for hydroxylation is 1. The molecule has 2 aromatic carbocycles. The Kier molecular flexibility index (Phi) is 7.82. The van der Waals surface area contributed by atoms with Crippen LogP contribution in [-0.4, -0.2) is 48.7 Å². The smallest absolute Gasteiger partial charge is 0.229 e. The molecular weight excluding hydrogens is 445 g/mol. The number of aromatic nitrogens is 1. The lowest BCUT2D eigenvalue weighted by Gasteiger charge is -2.22. The molecule has 3 aromatic rings. The lowest BCUT2D eigenvalue weighted by atomic mass is 10.2. The standard InChI is InChI=1S/C21H23Cl2N3OS2/c1-14-17(23)8-9-18-20(14)24-21(29-18)26(12-11-25(2)3)19(27)10-13-28-16-6-4-15(22)5-7-16/h4-9H,10-13H2,1-3H3. The van der Waals surface area contributed by atoms with Crippen LogP contribution in [0.3, 0.4) is 0 Å². The van der Waals surface area contributed by atoms with E-state index in [1.807, 2.05) is 57.4 Å². The van der Waals surface area contributed by atoms with Gasteiger partial charge in [-0.2, -0.15) is 0 Å². The second kappa shape index (κ2) is 10.1. The number of amides is 1. The highest BCUT2D eigenvalue weighted by Crippen LogP contribution is 2.34. The fourth-order valence-electron chi connectivity index (χ4n) is 2.75. The van der Waals surface area contributed by atoms with E-state index in [1.165, 1.54) is 11.3 Å². The Bertz CT molecular complexity index is 990. The van der Waals surface area contributed by atoms with Gasteiger partial charge >= 0.3 is 0 Å². The summed E-state index contributed by atoms with van der Waals surface area (Å²) in [6.45, 7) is 3.33. The Morgan fingerprint density at radius 3 is 2.52 bits per heavy atom. The van der Waals surface area contributed by atoms with Crippen LogP contribution in [0.25, 0.3) is 10.2 Å². The van der Waals surface area contributed by atoms with Gasteiger partial charge in [-0.05, 0) is 63.0 Å². The largest absolute Gasteiger partial charge is 0.308 e. The summed E-state index contributed by atoms with van der Waals surface area (Å²) >= 11 is 15.4. The van der Waals surface area contributed by atoms with Crippen molar-refractivity contribution in [2.45, 2.75) is 18.2 Å². The third-order valence-corrected chi connectivity index (χ3v) is 7.16. The van der Waals surface area contributed by atoms with Crippen molar-refractivity contribution in [3.05, 3.63) is 52.0 Å². The molecule has 29 heavy (non-hydrogen) atoms. The Morgan fingerprint density at radius 2 is 1.83 bits per heavy atom. The van der Waals surface area contributed by atoms with Crippen LogP contribution in [0.1, 0.15) is 12.0 Å². The maximum absolute atomic E-state index is 13.0. The molecule has 0 spiro atoms. The fraction of sp³-hybridized carbons (Fsp3) is 0.333. The van der Waals surface area contributed by atoms with E-state index < -0.39 is 0 Å². The molecule has 0 N–H and O–H groups in total. The quantitative estimate of drug-likeness (QED) is 0.381. The van der Waals surface area contributed by atoms with Gasteiger partial charge in [0.25, 0.3) is 0 Å². The molecule has 8 heteroatoms. The first-order valence-electron chi connectivity index (χ1n) is 9.24. The molecule has 1 aromatic heterocycles. The van der Waals surface area contributed by atoms with Crippen molar-refractivity contribution in [3.8, 4) is 0 Å². The van der Waals surface area contributed by atoms with E-state index in [4.69, 9.17) is 28.2 Å². The number of hydrogen-bond donors (Lipinski definition) is 0. The van der Waals surface area contributed by atoms with Crippen molar-refractivity contribution in [2.24, 2.45) is 0 Å². The summed E-state index contributed by atoms with van der Waals surface area (Å²) in [7, 11) is 4.00. The van der Waals surface area contributed by atoms with Gasteiger partial charge in [-0.3, -0.25) is 9.69 Å². The average molecular weight is 468 g/mol. The minimum atomic E-state index is 0.0797. The van der Waals surface area contributed by atoms with Gasteiger partial charge in [0.2, 0.25) is 5.91 Å². The van der Waals surface area contributed by atoms with Gasteiger partial charge in [0.1, 0.15) is 0 Å². The Balaban J connectivity index is 1.74. The molecule has 1 amide bonds. The predicted octanol–water partition coefficient (Wildman–Crippen LogP) is 5.99. The van der Waals surface area contributed by atoms with Crippen molar-refractivity contribution in [1.29, 1.82) is 0 Å². The van der Waals surface area contributed by atoms with Crippen molar-refractivity contribution in [2.75, 3.05) is 37.8 Å². The third kappa shape index (κ3) is 5.86. The second-order valence-electron chi connectivity index (χ2n) is 6.92. The van der Waals surface area contributed by atoms with E-state index in [0.717, 1.165) is 32.4 Å². The maximum atomic E-state index is 13.0. The minimum Gasteiger partial charge on any atom is -0.308 e. The molecular formula is C21H23Cl2N3OS2. The molecule has 0 saturated heterocycles. The van der Waals surface area contributed by atoms with E-state index in [9.17, 15) is 4.79 Å². The molecule has 0 fully saturated rings. The summed E-state index contributed by atoms with van der Waals surface area (Å²) in [6, 6.07) is 11.5. The number of thiazole rings is 1. The van der Waals surface area contributed by atoms with E-state index >= 15 is 0 Å². The number of halogens is 2. The Hall–Kier alpha value is -1.31. The fourth-order valence-corrected chi connectivity index (χ4v) is 4.94. The summed E-state index contributed by atoms with van der Waals surface area (Å²) in [4.78, 5) is 22.8. The summed E-state index contributed by atoms with van der Waals surface area (Å²) < 4.78 is 1.04. The molecule has 3 rings (SSSR count). The van der Waals surface area contributed by atoms with Crippen molar-refractivity contribution >= 4 is 67.6 Å². The van der Waals surface area contributed by atoms with Crippen molar-refractivity contribution in [3.63, 3.8) is 0 Å². The van der Waals surface area contributed by atoms with Crippen LogP contribution >= 0.6 is 46.3 Å². The first-order chi connectivity index (χ1) is 13.8. The topological polar surface area (TPSA) is 36.4 Å². The van der Waals surface area contributed by atoms with Gasteiger partial charge in [-0.25, -0.2) is 4.98 Å². The average Bonchev–Trinajstić information content (AvgIpc) is 3.11. The molecule has 4 nitrogen and oxygen atoms in total. The predicted molar refractivity (Wildman–Crippen MR) is 127 cm³/mol. The number of fused-ring (bicyclic) bond motifs is 1. The summed E-state index contributed by atoms with van der Waals surface area (Å²) in [6.07, 6.45) is 0.441. The minimum absolute atomic E-state index is 0.0797. The Morgan fingerprint density at radius 1 is 1.10 bits per heavy atom. The molecule has 154 valence electrons. The number of nitrogens with zero attached hydrogens (tertiary/aromatic N) is 3. The van der Waals surface area contributed by atoms with Gasteiger partial charge in [0.05, 0.1) is 10.2 Å². The maximum Gasteiger partial charge on any atom is 0.229 e. The lowest BCUT2D eigenvalue weighted by Crippen LogP contribution is -2.36. The van der Waals surface area contributed by atoms with Crippen LogP contribution in [0.2, 0.25) is 10.0 Å². The first-order valence-corrected chi connectivity index (χ1v) is 11.8. The van der Waals surface area contributed by atoms with E-state index in [2.05, 4.69) is 4.90 Å². The van der Waals surface area contributed by atoms with Crippen LogP contribution in [0.15, 0.2) is 41.3 Å². The van der Waals surface area contributed by atoms with Gasteiger partial charge in [-0.15, -0.1) is 11.8 Å². The number of thioether (sulfide) groups is 1. The zero-order valence-corrected chi connectivity index (χ0v) is 19.8. The summed E-state index contributed by atoms with van der Waals surface area (Å²) in [5.41, 5.74) is 1.82. The van der Waals surface area contributed by atoms with E-state index in [-0.39, 0.29) is 5.91 Å². The first kappa shape index (κ1) is 22.4. The third-order valence-electron chi connectivity index (χ3n) is 4.44. The lowest BCUT2D eigenvalue weighted by molar-refractivity contribution is -0.118. The molecule has 0 aliphatic heterocycles. The molecule has 0 unspecified atom stereocenters. The van der Waals surface area contributed by atoms with E-state index in [1.54, 1.807) is 16.7 Å². The van der Waals surface area contributed by atoms with Crippen molar-refractivity contribution in [1.82, 2.24) is 9.88 Å². The molecule has 0 bridgehead atoms. The molecule has 0 saturated carbocycles. The molecule has 1 heterocycles. The van der Waals surface area contributed by atoms with Crippen LogP contribution in [0.5, 0.6) is 0 Å². The number of likely N-dealkylation sites (N-methyl/N-ethyl adjacent to an activating group) is 1. The highest BCUT2D eigenvalue weighted by atomic mass is 35.5. The number of carbonyl (C=O) groups is 1. The number of carbonyl (C=O) groups excluding carboxylic acids is 1. The summed E-state index contributed by atoms with van der Waals surface area (Å²) in [5, 5.41) is 2.14. The number of benzene rings is 2. The summed E-state index contributed by atoms with van der Waals surface area (Å²) in [5.74, 6) is 0.783. The zero-order valence-electron chi connectivity index (χ0n) is 16.6. The molecule has 0 radical (unpaired) electrons. The van der Waals surface area contributed by atoms with Gasteiger partial charge in [0, 0.05) is 40.2 Å². The normalized spacial score (nSPS) is 11.4. The van der Waals surface area contributed by atoms with Gasteiger partial charge in [0.15, 0.2) is 5.13 Å². The zero-order chi connectivity index (χ0) is 21.0. The molecule has 0 aliphatic rings. The second-order valence-corrected chi connectivity index (χ2v) is 9.94. The van der Waals surface area contributed by atoms with Crippen LogP contribution < -0.4 is 4.90 Å². The number of rotatable bonds is 8. The van der Waals surface area contributed by atoms with Crippen LogP contribution in [0.4, 0.5) is 5.13 Å². The number of hydrogen-bond acceptors (Lipinski definition) is 5.